The van der Waals surface area contributed by atoms with Crippen molar-refractivity contribution >= 4 is 23.3 Å². The van der Waals surface area contributed by atoms with E-state index in [4.69, 9.17) is 15.5 Å². The largest absolute Gasteiger partial charge is 0.489 e. The van der Waals surface area contributed by atoms with E-state index in [1.807, 2.05) is 38.1 Å². The van der Waals surface area contributed by atoms with Gasteiger partial charge in [-0.3, -0.25) is 9.59 Å². The summed E-state index contributed by atoms with van der Waals surface area (Å²) in [5.41, 5.74) is 8.17. The number of nitrogens with two attached hydrogens (primary N) is 1. The number of primary amides is 1. The van der Waals surface area contributed by atoms with E-state index in [0.717, 1.165) is 24.2 Å². The molecular formula is C23H32N6O3. The summed E-state index contributed by atoms with van der Waals surface area (Å²) in [7, 11) is 1.74. The second-order valence-electron chi connectivity index (χ2n) is 8.08. The first-order valence-electron chi connectivity index (χ1n) is 11.0. The number of benzene rings is 1. The lowest BCUT2D eigenvalue weighted by Gasteiger charge is -2.18. The van der Waals surface area contributed by atoms with Crippen LogP contribution in [-0.2, 0) is 11.2 Å². The van der Waals surface area contributed by atoms with Gasteiger partial charge in [0.1, 0.15) is 11.9 Å². The van der Waals surface area contributed by atoms with Crippen LogP contribution in [0, 0.1) is 0 Å². The molecule has 3 rings (SSSR count). The third kappa shape index (κ3) is 5.94. The Bertz CT molecular complexity index is 976. The molecule has 9 heteroatoms. The molecule has 2 atom stereocenters. The van der Waals surface area contributed by atoms with Crippen LogP contribution >= 0.6 is 0 Å². The van der Waals surface area contributed by atoms with Crippen molar-refractivity contribution in [2.24, 2.45) is 5.73 Å². The fraction of sp³-hybridized carbons (Fsp3) is 0.478. The number of hydrogen-bond donors (Lipinski definition) is 4. The lowest BCUT2D eigenvalue weighted by atomic mass is 10.1. The first kappa shape index (κ1) is 23.5. The van der Waals surface area contributed by atoms with Crippen LogP contribution in [-0.4, -0.2) is 47.5 Å². The summed E-state index contributed by atoms with van der Waals surface area (Å²) >= 11 is 0. The number of hydrogen-bond acceptors (Lipinski definition) is 7. The monoisotopic (exact) mass is 440 g/mol. The molecule has 1 aliphatic rings. The normalized spacial score (nSPS) is 15.0. The van der Waals surface area contributed by atoms with Gasteiger partial charge in [0, 0.05) is 17.7 Å². The van der Waals surface area contributed by atoms with E-state index in [-0.39, 0.29) is 23.7 Å². The first-order valence-corrected chi connectivity index (χ1v) is 11.0. The molecule has 1 heterocycles. The Morgan fingerprint density at radius 2 is 2.00 bits per heavy atom. The molecule has 2 amide bonds. The third-order valence-corrected chi connectivity index (χ3v) is 5.36. The number of carbonyl (C=O) groups excluding carboxylic acids is 2. The van der Waals surface area contributed by atoms with Crippen molar-refractivity contribution in [1.29, 1.82) is 0 Å². The van der Waals surface area contributed by atoms with Crippen molar-refractivity contribution in [2.45, 2.75) is 58.1 Å². The van der Waals surface area contributed by atoms with Gasteiger partial charge in [-0.1, -0.05) is 13.0 Å². The van der Waals surface area contributed by atoms with Crippen molar-refractivity contribution in [3.05, 3.63) is 41.3 Å². The fourth-order valence-corrected chi connectivity index (χ4v) is 3.27. The summed E-state index contributed by atoms with van der Waals surface area (Å²) in [6.45, 7) is 6.05. The zero-order chi connectivity index (χ0) is 23.3. The van der Waals surface area contributed by atoms with Gasteiger partial charge in [-0.05, 0) is 52.3 Å². The zero-order valence-corrected chi connectivity index (χ0v) is 19.1. The summed E-state index contributed by atoms with van der Waals surface area (Å²) < 4.78 is 5.94. The number of anilines is 2. The SMILES string of the molecule is CCc1nc(C(N)=O)c(Nc2cccc(OC(C)CNC(=O)C(C)NC)c2)nc1C1CC1. The maximum absolute atomic E-state index is 12.0. The van der Waals surface area contributed by atoms with Gasteiger partial charge in [0.2, 0.25) is 5.91 Å². The predicted molar refractivity (Wildman–Crippen MR) is 123 cm³/mol. The minimum absolute atomic E-state index is 0.0853. The van der Waals surface area contributed by atoms with Crippen LogP contribution in [0.4, 0.5) is 11.5 Å². The van der Waals surface area contributed by atoms with Gasteiger partial charge in [-0.15, -0.1) is 0 Å². The van der Waals surface area contributed by atoms with Crippen LogP contribution < -0.4 is 26.4 Å². The average molecular weight is 441 g/mol. The van der Waals surface area contributed by atoms with Crippen LogP contribution in [0.2, 0.25) is 0 Å². The minimum Gasteiger partial charge on any atom is -0.489 e. The van der Waals surface area contributed by atoms with Gasteiger partial charge < -0.3 is 26.4 Å². The average Bonchev–Trinajstić information content (AvgIpc) is 3.62. The van der Waals surface area contributed by atoms with Gasteiger partial charge >= 0.3 is 0 Å². The number of nitrogens with one attached hydrogen (secondary N) is 3. The molecule has 172 valence electrons. The van der Waals surface area contributed by atoms with Gasteiger partial charge in [0.05, 0.1) is 24.0 Å². The maximum atomic E-state index is 12.0. The Balaban J connectivity index is 1.72. The van der Waals surface area contributed by atoms with Gasteiger partial charge in [0.25, 0.3) is 5.91 Å². The summed E-state index contributed by atoms with van der Waals surface area (Å²) in [5.74, 6) is 0.675. The maximum Gasteiger partial charge on any atom is 0.271 e. The highest BCUT2D eigenvalue weighted by atomic mass is 16.5. The second kappa shape index (κ2) is 10.4. The van der Waals surface area contributed by atoms with Crippen molar-refractivity contribution in [1.82, 2.24) is 20.6 Å². The standard InChI is InChI=1S/C23H32N6O3/c1-5-18-19(15-9-10-15)29-22(20(28-18)21(24)30)27-16-7-6-8-17(11-16)32-13(2)12-26-23(31)14(3)25-4/h6-8,11,13-15,25H,5,9-10,12H2,1-4H3,(H2,24,30)(H,26,31)(H,27,29). The van der Waals surface area contributed by atoms with Crippen molar-refractivity contribution < 1.29 is 14.3 Å². The minimum atomic E-state index is -0.621. The van der Waals surface area contributed by atoms with Gasteiger partial charge in [-0.2, -0.15) is 0 Å². The number of aromatic nitrogens is 2. The Hall–Kier alpha value is -3.20. The van der Waals surface area contributed by atoms with E-state index < -0.39 is 5.91 Å². The van der Waals surface area contributed by atoms with Crippen molar-refractivity contribution in [2.75, 3.05) is 18.9 Å². The van der Waals surface area contributed by atoms with Crippen LogP contribution in [0.15, 0.2) is 24.3 Å². The van der Waals surface area contributed by atoms with Crippen molar-refractivity contribution in [3.63, 3.8) is 0 Å². The van der Waals surface area contributed by atoms with Crippen LogP contribution in [0.3, 0.4) is 0 Å². The number of likely N-dealkylation sites (N-methyl/N-ethyl adjacent to an activating group) is 1. The molecule has 1 aliphatic carbocycles. The summed E-state index contributed by atoms with van der Waals surface area (Å²) in [4.78, 5) is 33.1. The molecule has 1 aromatic carbocycles. The number of amides is 2. The molecule has 9 nitrogen and oxygen atoms in total. The van der Waals surface area contributed by atoms with E-state index in [0.29, 0.717) is 36.1 Å². The second-order valence-corrected chi connectivity index (χ2v) is 8.08. The summed E-state index contributed by atoms with van der Waals surface area (Å²) in [5, 5.41) is 8.93. The first-order chi connectivity index (χ1) is 15.3. The highest BCUT2D eigenvalue weighted by Crippen LogP contribution is 2.41. The van der Waals surface area contributed by atoms with E-state index in [1.165, 1.54) is 0 Å². The van der Waals surface area contributed by atoms with Gasteiger partial charge in [-0.25, -0.2) is 9.97 Å². The van der Waals surface area contributed by atoms with E-state index in [2.05, 4.69) is 20.9 Å². The zero-order valence-electron chi connectivity index (χ0n) is 19.1. The topological polar surface area (TPSA) is 131 Å². The van der Waals surface area contributed by atoms with Crippen molar-refractivity contribution in [3.8, 4) is 5.75 Å². The molecular weight excluding hydrogens is 408 g/mol. The molecule has 5 N–H and O–H groups in total. The smallest absolute Gasteiger partial charge is 0.271 e. The molecule has 0 radical (unpaired) electrons. The number of carbonyl (C=O) groups is 2. The molecule has 2 aromatic rings. The molecule has 0 aliphatic heterocycles. The number of ether oxygens (including phenoxy) is 1. The van der Waals surface area contributed by atoms with Crippen LogP contribution in [0.1, 0.15) is 61.4 Å². The predicted octanol–water partition coefficient (Wildman–Crippen LogP) is 2.25. The Morgan fingerprint density at radius 1 is 1.25 bits per heavy atom. The Kier molecular flexibility index (Phi) is 7.63. The molecule has 0 saturated heterocycles. The van der Waals surface area contributed by atoms with E-state index in [9.17, 15) is 9.59 Å². The molecule has 1 aromatic heterocycles. The van der Waals surface area contributed by atoms with Crippen LogP contribution in [0.5, 0.6) is 5.75 Å². The van der Waals surface area contributed by atoms with Gasteiger partial charge in [0.15, 0.2) is 11.5 Å². The molecule has 2 unspecified atom stereocenters. The lowest BCUT2D eigenvalue weighted by Crippen LogP contribution is -2.43. The number of rotatable bonds is 11. The summed E-state index contributed by atoms with van der Waals surface area (Å²) in [6.07, 6.45) is 2.64. The molecule has 0 spiro atoms. The molecule has 32 heavy (non-hydrogen) atoms. The molecule has 1 saturated carbocycles. The van der Waals surface area contributed by atoms with E-state index >= 15 is 0 Å². The number of aryl methyl sites for hydroxylation is 1. The highest BCUT2D eigenvalue weighted by molar-refractivity contribution is 5.96. The highest BCUT2D eigenvalue weighted by Gasteiger charge is 2.30. The Labute approximate surface area is 188 Å². The number of nitrogens with zero attached hydrogens (tertiary/aromatic N) is 2. The quantitative estimate of drug-likeness (QED) is 0.421. The Morgan fingerprint density at radius 3 is 2.62 bits per heavy atom. The van der Waals surface area contributed by atoms with Crippen LogP contribution in [0.25, 0.3) is 0 Å². The fourth-order valence-electron chi connectivity index (χ4n) is 3.27. The molecule has 1 fully saturated rings. The third-order valence-electron chi connectivity index (χ3n) is 5.36. The lowest BCUT2D eigenvalue weighted by molar-refractivity contribution is -0.122. The van der Waals surface area contributed by atoms with E-state index in [1.54, 1.807) is 14.0 Å². The summed E-state index contributed by atoms with van der Waals surface area (Å²) in [6, 6.07) is 7.06. The molecule has 0 bridgehead atoms.